The molecule has 5 aromatic rings. The fourth-order valence-electron chi connectivity index (χ4n) is 4.15. The summed E-state index contributed by atoms with van der Waals surface area (Å²) in [5.74, 6) is -0.144. The molecule has 0 aliphatic heterocycles. The van der Waals surface area contributed by atoms with Gasteiger partial charge in [0.05, 0.1) is 16.9 Å². The number of amides is 1. The van der Waals surface area contributed by atoms with Crippen LogP contribution in [0.5, 0.6) is 0 Å². The number of fused-ring (bicyclic) bond motifs is 1. The number of hydrogen-bond acceptors (Lipinski definition) is 5. The lowest BCUT2D eigenvalue weighted by Gasteiger charge is -2.11. The Balaban J connectivity index is 1.38. The number of nitrogens with zero attached hydrogens (tertiary/aromatic N) is 4. The zero-order chi connectivity index (χ0) is 25.9. The Morgan fingerprint density at radius 1 is 1.03 bits per heavy atom. The second-order valence-electron chi connectivity index (χ2n) is 8.76. The summed E-state index contributed by atoms with van der Waals surface area (Å²) in [4.78, 5) is 34.7. The molecule has 3 heterocycles. The van der Waals surface area contributed by atoms with E-state index in [9.17, 15) is 9.59 Å². The van der Waals surface area contributed by atoms with E-state index in [-0.39, 0.29) is 11.7 Å². The summed E-state index contributed by atoms with van der Waals surface area (Å²) in [6.45, 7) is 6.41. The Morgan fingerprint density at radius 2 is 1.84 bits per heavy atom. The van der Waals surface area contributed by atoms with E-state index in [2.05, 4.69) is 25.5 Å². The molecule has 0 unspecified atom stereocenters. The third-order valence-corrected chi connectivity index (χ3v) is 6.18. The summed E-state index contributed by atoms with van der Waals surface area (Å²) in [5.41, 5.74) is 5.74. The van der Waals surface area contributed by atoms with E-state index in [1.807, 2.05) is 63.3 Å². The van der Waals surface area contributed by atoms with Crippen LogP contribution >= 0.6 is 0 Å². The maximum absolute atomic E-state index is 13.3. The molecule has 1 amide bonds. The molecule has 5 rings (SSSR count). The maximum atomic E-state index is 13.3. The van der Waals surface area contributed by atoms with Crippen molar-refractivity contribution in [3.05, 3.63) is 107 Å². The first-order valence-electron chi connectivity index (χ1n) is 12.0. The van der Waals surface area contributed by atoms with Crippen LogP contribution in [0.2, 0.25) is 0 Å². The van der Waals surface area contributed by atoms with Crippen LogP contribution < -0.4 is 5.32 Å². The van der Waals surface area contributed by atoms with Crippen molar-refractivity contribution < 1.29 is 9.59 Å². The molecule has 0 saturated heterocycles. The van der Waals surface area contributed by atoms with Gasteiger partial charge in [0.15, 0.2) is 11.6 Å². The number of ketones is 1. The van der Waals surface area contributed by atoms with Crippen molar-refractivity contribution >= 4 is 40.4 Å². The fraction of sp³-hybridized carbons (Fsp3) is 0.138. The zero-order valence-corrected chi connectivity index (χ0v) is 20.8. The van der Waals surface area contributed by atoms with Gasteiger partial charge >= 0.3 is 0 Å². The summed E-state index contributed by atoms with van der Waals surface area (Å²) in [7, 11) is 0. The first kappa shape index (κ1) is 23.9. The molecule has 0 spiro atoms. The number of carbonyl (C=O) groups is 2. The minimum atomic E-state index is -0.320. The van der Waals surface area contributed by atoms with Crippen LogP contribution in [0.1, 0.15) is 56.1 Å². The topological polar surface area (TPSA) is 106 Å². The number of aromatic nitrogens is 5. The molecule has 0 fully saturated rings. The molecule has 0 atom stereocenters. The molecule has 8 heteroatoms. The number of carbonyl (C=O) groups excluding carboxylic acids is 2. The number of nitrogens with one attached hydrogen (secondary N) is 2. The fourth-order valence-corrected chi connectivity index (χ4v) is 4.15. The van der Waals surface area contributed by atoms with E-state index in [4.69, 9.17) is 0 Å². The molecular formula is C29H26N6O2. The van der Waals surface area contributed by atoms with Crippen LogP contribution in [-0.2, 0) is 6.54 Å². The Morgan fingerprint density at radius 3 is 2.65 bits per heavy atom. The minimum absolute atomic E-state index is 0.150. The normalized spacial score (nSPS) is 11.3. The van der Waals surface area contributed by atoms with E-state index in [1.54, 1.807) is 41.2 Å². The molecule has 0 saturated carbocycles. The average Bonchev–Trinajstić information content (AvgIpc) is 3.55. The summed E-state index contributed by atoms with van der Waals surface area (Å²) in [6, 6.07) is 16.6. The SMILES string of the molecule is CCn1ccnc1C(=O)Nc1cc(C(=O)c2ccc3c(/C=C/c4cccc(C)n4)n[nH]c3c2)ccc1C. The van der Waals surface area contributed by atoms with Crippen molar-refractivity contribution in [2.45, 2.75) is 27.3 Å². The largest absolute Gasteiger partial charge is 0.327 e. The number of anilines is 1. The summed E-state index contributed by atoms with van der Waals surface area (Å²) < 4.78 is 1.76. The molecule has 184 valence electrons. The highest BCUT2D eigenvalue weighted by Crippen LogP contribution is 2.24. The maximum Gasteiger partial charge on any atom is 0.291 e. The van der Waals surface area contributed by atoms with Gasteiger partial charge in [-0.15, -0.1) is 0 Å². The van der Waals surface area contributed by atoms with Crippen molar-refractivity contribution in [1.82, 2.24) is 24.7 Å². The molecule has 2 aromatic carbocycles. The van der Waals surface area contributed by atoms with E-state index in [0.717, 1.165) is 33.5 Å². The lowest BCUT2D eigenvalue weighted by molar-refractivity contribution is 0.101. The van der Waals surface area contributed by atoms with Gasteiger partial charge in [0.25, 0.3) is 5.91 Å². The highest BCUT2D eigenvalue weighted by molar-refractivity contribution is 6.12. The second kappa shape index (κ2) is 10.0. The third kappa shape index (κ3) is 4.95. The number of benzene rings is 2. The van der Waals surface area contributed by atoms with Gasteiger partial charge in [-0.2, -0.15) is 5.10 Å². The predicted octanol–water partition coefficient (Wildman–Crippen LogP) is 5.44. The van der Waals surface area contributed by atoms with E-state index >= 15 is 0 Å². The van der Waals surface area contributed by atoms with Crippen LogP contribution in [0.15, 0.2) is 67.0 Å². The molecule has 0 radical (unpaired) electrons. The average molecular weight is 491 g/mol. The van der Waals surface area contributed by atoms with Crippen molar-refractivity contribution in [3.63, 3.8) is 0 Å². The summed E-state index contributed by atoms with van der Waals surface area (Å²) in [5, 5.41) is 11.2. The number of aryl methyl sites for hydroxylation is 3. The van der Waals surface area contributed by atoms with Gasteiger partial charge < -0.3 is 9.88 Å². The highest BCUT2D eigenvalue weighted by Gasteiger charge is 2.16. The molecule has 3 aromatic heterocycles. The van der Waals surface area contributed by atoms with Crippen LogP contribution in [0.25, 0.3) is 23.1 Å². The van der Waals surface area contributed by atoms with Gasteiger partial charge in [0.1, 0.15) is 0 Å². The number of rotatable bonds is 7. The first-order chi connectivity index (χ1) is 17.9. The zero-order valence-electron chi connectivity index (χ0n) is 20.8. The van der Waals surface area contributed by atoms with E-state index in [0.29, 0.717) is 29.2 Å². The Labute approximate surface area is 214 Å². The van der Waals surface area contributed by atoms with E-state index < -0.39 is 0 Å². The number of pyridine rings is 1. The van der Waals surface area contributed by atoms with E-state index in [1.165, 1.54) is 0 Å². The van der Waals surface area contributed by atoms with Gasteiger partial charge in [-0.1, -0.05) is 24.3 Å². The standard InChI is InChI=1S/C29H26N6O2/c1-4-35-15-14-30-28(35)29(37)32-25-16-20(9-8-18(25)2)27(36)21-10-12-23-24(33-34-26(23)17-21)13-11-22-7-5-6-19(3)31-22/h5-17H,4H2,1-3H3,(H,32,37)(H,33,34)/b13-11+. The number of H-pyrrole nitrogens is 1. The predicted molar refractivity (Wildman–Crippen MR) is 144 cm³/mol. The minimum Gasteiger partial charge on any atom is -0.327 e. The van der Waals surface area contributed by atoms with Crippen molar-refractivity contribution in [2.75, 3.05) is 5.32 Å². The molecule has 0 aliphatic carbocycles. The quantitative estimate of drug-likeness (QED) is 0.295. The Hall–Kier alpha value is -4.85. The van der Waals surface area contributed by atoms with Crippen LogP contribution in [-0.4, -0.2) is 36.4 Å². The van der Waals surface area contributed by atoms with Gasteiger partial charge in [-0.05, 0) is 68.8 Å². The molecule has 0 bridgehead atoms. The number of hydrogen-bond donors (Lipinski definition) is 2. The van der Waals surface area contributed by atoms with Crippen LogP contribution in [0.4, 0.5) is 5.69 Å². The Bertz CT molecular complexity index is 1660. The van der Waals surface area contributed by atoms with Crippen molar-refractivity contribution in [1.29, 1.82) is 0 Å². The smallest absolute Gasteiger partial charge is 0.291 e. The lowest BCUT2D eigenvalue weighted by Crippen LogP contribution is -2.18. The number of aromatic amines is 1. The molecule has 2 N–H and O–H groups in total. The molecule has 37 heavy (non-hydrogen) atoms. The third-order valence-electron chi connectivity index (χ3n) is 6.18. The molecule has 0 aliphatic rings. The van der Waals surface area contributed by atoms with Gasteiger partial charge in [0.2, 0.25) is 0 Å². The van der Waals surface area contributed by atoms with Gasteiger partial charge in [-0.25, -0.2) is 4.98 Å². The summed E-state index contributed by atoms with van der Waals surface area (Å²) >= 11 is 0. The van der Waals surface area contributed by atoms with Crippen molar-refractivity contribution in [2.24, 2.45) is 0 Å². The lowest BCUT2D eigenvalue weighted by atomic mass is 9.99. The van der Waals surface area contributed by atoms with Gasteiger partial charge in [-0.3, -0.25) is 19.7 Å². The Kier molecular flexibility index (Phi) is 6.47. The monoisotopic (exact) mass is 490 g/mol. The van der Waals surface area contributed by atoms with Gasteiger partial charge in [0, 0.05) is 46.8 Å². The summed E-state index contributed by atoms with van der Waals surface area (Å²) in [6.07, 6.45) is 7.17. The molecular weight excluding hydrogens is 464 g/mol. The second-order valence-corrected chi connectivity index (χ2v) is 8.76. The number of imidazole rings is 1. The van der Waals surface area contributed by atoms with Crippen molar-refractivity contribution in [3.8, 4) is 0 Å². The van der Waals surface area contributed by atoms with Crippen LogP contribution in [0.3, 0.4) is 0 Å². The highest BCUT2D eigenvalue weighted by atomic mass is 16.2. The first-order valence-corrected chi connectivity index (χ1v) is 12.0. The van der Waals surface area contributed by atoms with Crippen LogP contribution in [0, 0.1) is 13.8 Å². The molecule has 8 nitrogen and oxygen atoms in total.